The molecule has 6 unspecified atom stereocenters. The summed E-state index contributed by atoms with van der Waals surface area (Å²) in [5.41, 5.74) is 1.00. The van der Waals surface area contributed by atoms with Crippen LogP contribution >= 0.6 is 11.6 Å². The molecule has 6 atom stereocenters. The Kier molecular flexibility index (Phi) is 6.93. The van der Waals surface area contributed by atoms with Crippen LogP contribution in [-0.4, -0.2) is 35.8 Å². The first-order chi connectivity index (χ1) is 22.0. The van der Waals surface area contributed by atoms with Crippen molar-refractivity contribution in [2.75, 3.05) is 16.9 Å². The lowest BCUT2D eigenvalue weighted by atomic mass is 9.51. The van der Waals surface area contributed by atoms with Gasteiger partial charge < -0.3 is 9.84 Å². The van der Waals surface area contributed by atoms with Gasteiger partial charge >= 0.3 is 0 Å². The number of fused-ring (bicyclic) bond motifs is 4. The van der Waals surface area contributed by atoms with Crippen molar-refractivity contribution < 1.29 is 33.4 Å². The van der Waals surface area contributed by atoms with Crippen LogP contribution in [0.25, 0.3) is 6.08 Å². The third kappa shape index (κ3) is 4.04. The number of phenolic OH excluding ortho intramolecular Hbond substituents is 1. The summed E-state index contributed by atoms with van der Waals surface area (Å²) in [6, 6.07) is 15.4. The summed E-state index contributed by atoms with van der Waals surface area (Å²) in [5.74, 6) is -6.12. The predicted molar refractivity (Wildman–Crippen MR) is 170 cm³/mol. The molecule has 1 N–H and O–H groups in total. The summed E-state index contributed by atoms with van der Waals surface area (Å²) in [4.78, 5) is 59.2. The zero-order valence-corrected chi connectivity index (χ0v) is 25.8. The second-order valence-electron chi connectivity index (χ2n) is 12.5. The standard InChI is InChI=1S/C36H30ClFN2O6/c1-4-18-8-10-19(11-9-18)39-32(42)22-14-13-21-23(29(22)34(39)44)17-24-33(43)40(20-12-15-26(38)25(37)16-20)35(45)36(24,2)31(21)30-27(41)6-5-7-28(30)46-3/h4-13,15-16,22-24,29,31,41H,1,14,17H2,2-3H3. The number of imide groups is 2. The van der Waals surface area contributed by atoms with Crippen molar-refractivity contribution in [3.8, 4) is 11.5 Å². The van der Waals surface area contributed by atoms with Crippen LogP contribution in [0.4, 0.5) is 15.8 Å². The second-order valence-corrected chi connectivity index (χ2v) is 12.9. The first-order valence-electron chi connectivity index (χ1n) is 15.0. The molecule has 0 bridgehead atoms. The Morgan fingerprint density at radius 1 is 0.978 bits per heavy atom. The highest BCUT2D eigenvalue weighted by Gasteiger charge is 2.68. The molecule has 3 aromatic rings. The van der Waals surface area contributed by atoms with Crippen molar-refractivity contribution in [3.63, 3.8) is 0 Å². The third-order valence-electron chi connectivity index (χ3n) is 10.4. The summed E-state index contributed by atoms with van der Waals surface area (Å²) in [6.07, 6.45) is 3.93. The third-order valence-corrected chi connectivity index (χ3v) is 10.7. The number of allylic oxidation sites excluding steroid dienone is 2. The zero-order valence-electron chi connectivity index (χ0n) is 25.1. The number of ether oxygens (including phenoxy) is 1. The number of hydrogen-bond donors (Lipinski definition) is 1. The van der Waals surface area contributed by atoms with E-state index in [-0.39, 0.29) is 41.1 Å². The number of hydrogen-bond acceptors (Lipinski definition) is 6. The van der Waals surface area contributed by atoms with Crippen LogP contribution < -0.4 is 14.5 Å². The lowest BCUT2D eigenvalue weighted by molar-refractivity contribution is -0.131. The van der Waals surface area contributed by atoms with Crippen LogP contribution in [0.2, 0.25) is 5.02 Å². The lowest BCUT2D eigenvalue weighted by Crippen LogP contribution is -2.49. The average Bonchev–Trinajstić information content (AvgIpc) is 3.42. The van der Waals surface area contributed by atoms with E-state index in [1.54, 1.807) is 49.4 Å². The molecular formula is C36H30ClFN2O6. The Morgan fingerprint density at radius 2 is 1.70 bits per heavy atom. The quantitative estimate of drug-likeness (QED) is 0.260. The largest absolute Gasteiger partial charge is 0.508 e. The molecule has 0 radical (unpaired) electrons. The van der Waals surface area contributed by atoms with E-state index in [0.717, 1.165) is 16.5 Å². The smallest absolute Gasteiger partial charge is 0.241 e. The number of carbonyl (C=O) groups excluding carboxylic acids is 4. The fourth-order valence-corrected chi connectivity index (χ4v) is 8.38. The maximum absolute atomic E-state index is 14.6. The number of phenols is 1. The SMILES string of the molecule is C=Cc1ccc(N2C(=O)C3CC=C4C(CC5C(=O)N(c6ccc(F)c(Cl)c6)C(=O)C5(C)C4c4c(O)cccc4OC)C3C2=O)cc1. The number of amides is 4. The number of rotatable bonds is 5. The molecule has 2 aliphatic heterocycles. The average molecular weight is 641 g/mol. The van der Waals surface area contributed by atoms with Gasteiger partial charge in [-0.05, 0) is 73.7 Å². The van der Waals surface area contributed by atoms with Crippen molar-refractivity contribution in [1.82, 2.24) is 0 Å². The molecule has 0 aromatic heterocycles. The molecule has 234 valence electrons. The minimum absolute atomic E-state index is 0.119. The number of anilines is 2. The van der Waals surface area contributed by atoms with Crippen LogP contribution in [0.5, 0.6) is 11.5 Å². The van der Waals surface area contributed by atoms with Crippen LogP contribution in [0, 0.1) is 34.9 Å². The highest BCUT2D eigenvalue weighted by Crippen LogP contribution is 2.65. The topological polar surface area (TPSA) is 104 Å². The Bertz CT molecular complexity index is 1890. The van der Waals surface area contributed by atoms with Gasteiger partial charge in [0, 0.05) is 11.5 Å². The van der Waals surface area contributed by atoms with Gasteiger partial charge in [0.05, 0.1) is 46.7 Å². The van der Waals surface area contributed by atoms with E-state index >= 15 is 0 Å². The van der Waals surface area contributed by atoms with Gasteiger partial charge in [-0.1, -0.05) is 54.1 Å². The molecule has 4 amide bonds. The van der Waals surface area contributed by atoms with Gasteiger partial charge in [-0.3, -0.25) is 24.1 Å². The highest BCUT2D eigenvalue weighted by molar-refractivity contribution is 6.32. The minimum atomic E-state index is -1.43. The van der Waals surface area contributed by atoms with E-state index in [2.05, 4.69) is 6.58 Å². The zero-order chi connectivity index (χ0) is 32.7. The first-order valence-corrected chi connectivity index (χ1v) is 15.4. The maximum Gasteiger partial charge on any atom is 0.241 e. The van der Waals surface area contributed by atoms with Crippen LogP contribution in [0.1, 0.15) is 36.8 Å². The van der Waals surface area contributed by atoms with Gasteiger partial charge in [-0.15, -0.1) is 0 Å². The van der Waals surface area contributed by atoms with E-state index in [1.165, 1.54) is 30.2 Å². The van der Waals surface area contributed by atoms with E-state index in [1.807, 2.05) is 6.08 Å². The van der Waals surface area contributed by atoms with Gasteiger partial charge in [0.2, 0.25) is 23.6 Å². The van der Waals surface area contributed by atoms with Gasteiger partial charge in [0.1, 0.15) is 17.3 Å². The molecule has 2 aliphatic carbocycles. The normalized spacial score (nSPS) is 28.5. The predicted octanol–water partition coefficient (Wildman–Crippen LogP) is 6.27. The minimum Gasteiger partial charge on any atom is -0.508 e. The second kappa shape index (κ2) is 10.7. The molecule has 1 saturated carbocycles. The van der Waals surface area contributed by atoms with Crippen molar-refractivity contribution in [1.29, 1.82) is 0 Å². The van der Waals surface area contributed by atoms with Crippen LogP contribution in [-0.2, 0) is 19.2 Å². The van der Waals surface area contributed by atoms with Gasteiger partial charge in [0.15, 0.2) is 0 Å². The van der Waals surface area contributed by atoms with Gasteiger partial charge in [0.25, 0.3) is 0 Å². The number of aromatic hydroxyl groups is 1. The van der Waals surface area contributed by atoms with E-state index in [0.29, 0.717) is 22.6 Å². The first kappa shape index (κ1) is 29.9. The summed E-state index contributed by atoms with van der Waals surface area (Å²) in [5, 5.41) is 11.1. The van der Waals surface area contributed by atoms with Gasteiger partial charge in [-0.2, -0.15) is 0 Å². The summed E-state index contributed by atoms with van der Waals surface area (Å²) >= 11 is 6.07. The van der Waals surface area contributed by atoms with Crippen molar-refractivity contribution in [3.05, 3.63) is 101 Å². The van der Waals surface area contributed by atoms with E-state index in [4.69, 9.17) is 16.3 Å². The maximum atomic E-state index is 14.6. The Morgan fingerprint density at radius 3 is 2.37 bits per heavy atom. The van der Waals surface area contributed by atoms with Gasteiger partial charge in [-0.25, -0.2) is 9.29 Å². The number of nitrogens with zero attached hydrogens (tertiary/aromatic N) is 2. The fraction of sp³-hybridized carbons (Fsp3) is 0.278. The molecule has 46 heavy (non-hydrogen) atoms. The van der Waals surface area contributed by atoms with Crippen LogP contribution in [0.3, 0.4) is 0 Å². The fourth-order valence-electron chi connectivity index (χ4n) is 8.21. The molecular weight excluding hydrogens is 611 g/mol. The molecule has 4 aliphatic rings. The molecule has 2 heterocycles. The molecule has 10 heteroatoms. The lowest BCUT2D eigenvalue weighted by Gasteiger charge is -2.49. The molecule has 2 saturated heterocycles. The summed E-state index contributed by atoms with van der Waals surface area (Å²) < 4.78 is 19.8. The van der Waals surface area contributed by atoms with Crippen molar-refractivity contribution in [2.45, 2.75) is 25.7 Å². The Labute approximate surface area is 269 Å². The molecule has 3 aromatic carbocycles. The summed E-state index contributed by atoms with van der Waals surface area (Å²) in [6.45, 7) is 5.45. The molecule has 7 rings (SSSR count). The van der Waals surface area contributed by atoms with E-state index < -0.39 is 52.6 Å². The molecule has 8 nitrogen and oxygen atoms in total. The number of benzene rings is 3. The number of methoxy groups -OCH3 is 1. The van der Waals surface area contributed by atoms with E-state index in [9.17, 15) is 28.7 Å². The number of halogens is 2. The van der Waals surface area contributed by atoms with Crippen LogP contribution in [0.15, 0.2) is 78.9 Å². The Hall–Kier alpha value is -4.76. The summed E-state index contributed by atoms with van der Waals surface area (Å²) in [7, 11) is 1.45. The van der Waals surface area contributed by atoms with Crippen molar-refractivity contribution in [2.24, 2.45) is 29.1 Å². The molecule has 3 fully saturated rings. The highest BCUT2D eigenvalue weighted by atomic mass is 35.5. The molecule has 0 spiro atoms. The Balaban J connectivity index is 1.38. The monoisotopic (exact) mass is 640 g/mol. The van der Waals surface area contributed by atoms with Crippen molar-refractivity contribution >= 4 is 52.7 Å². The number of carbonyl (C=O) groups is 4.